The number of nitrogens with zero attached hydrogens (tertiary/aromatic N) is 2. The van der Waals surface area contributed by atoms with Crippen LogP contribution in [-0.2, 0) is 0 Å². The average molecular weight is 268 g/mol. The molecule has 1 aliphatic rings. The van der Waals surface area contributed by atoms with Crippen LogP contribution in [0.1, 0.15) is 0 Å². The van der Waals surface area contributed by atoms with Gasteiger partial charge in [-0.2, -0.15) is 0 Å². The maximum atomic E-state index is 5.73. The van der Waals surface area contributed by atoms with E-state index in [0.29, 0.717) is 0 Å². The summed E-state index contributed by atoms with van der Waals surface area (Å²) in [5.74, 6) is 0. The number of nitrogens with two attached hydrogens (primary N) is 2. The van der Waals surface area contributed by atoms with E-state index in [2.05, 4.69) is 34.1 Å². The minimum absolute atomic E-state index is 0.814. The lowest BCUT2D eigenvalue weighted by molar-refractivity contribution is 0.653. The van der Waals surface area contributed by atoms with Gasteiger partial charge in [0.05, 0.1) is 0 Å². The van der Waals surface area contributed by atoms with Crippen LogP contribution in [0, 0.1) is 0 Å². The van der Waals surface area contributed by atoms with Gasteiger partial charge in [0, 0.05) is 48.9 Å². The lowest BCUT2D eigenvalue weighted by Gasteiger charge is -2.37. The lowest BCUT2D eigenvalue weighted by atomic mass is 10.2. The van der Waals surface area contributed by atoms with Crippen molar-refractivity contribution in [3.8, 4) is 0 Å². The second-order valence-electron chi connectivity index (χ2n) is 5.16. The predicted molar refractivity (Wildman–Crippen MR) is 86.1 cm³/mol. The summed E-state index contributed by atoms with van der Waals surface area (Å²) >= 11 is 0. The van der Waals surface area contributed by atoms with Gasteiger partial charge >= 0.3 is 0 Å². The van der Waals surface area contributed by atoms with E-state index in [1.807, 2.05) is 24.3 Å². The third-order valence-electron chi connectivity index (χ3n) is 3.80. The zero-order valence-electron chi connectivity index (χ0n) is 11.5. The molecule has 0 unspecified atom stereocenters. The van der Waals surface area contributed by atoms with Crippen molar-refractivity contribution in [1.82, 2.24) is 0 Å². The van der Waals surface area contributed by atoms with E-state index in [-0.39, 0.29) is 0 Å². The zero-order valence-corrected chi connectivity index (χ0v) is 11.5. The van der Waals surface area contributed by atoms with E-state index >= 15 is 0 Å². The summed E-state index contributed by atoms with van der Waals surface area (Å²) in [4.78, 5) is 4.79. The summed E-state index contributed by atoms with van der Waals surface area (Å²) in [5, 5.41) is 0. The maximum absolute atomic E-state index is 5.73. The van der Waals surface area contributed by atoms with Gasteiger partial charge in [-0.25, -0.2) is 0 Å². The van der Waals surface area contributed by atoms with Crippen LogP contribution in [-0.4, -0.2) is 26.2 Å². The molecule has 0 atom stereocenters. The first-order chi connectivity index (χ1) is 9.72. The fraction of sp³-hybridized carbons (Fsp3) is 0.250. The van der Waals surface area contributed by atoms with Gasteiger partial charge in [0.15, 0.2) is 0 Å². The summed E-state index contributed by atoms with van der Waals surface area (Å²) in [6.07, 6.45) is 0. The molecular weight excluding hydrogens is 248 g/mol. The highest BCUT2D eigenvalue weighted by atomic mass is 15.3. The van der Waals surface area contributed by atoms with Crippen molar-refractivity contribution in [3.05, 3.63) is 48.5 Å². The Morgan fingerprint density at radius 2 is 0.850 bits per heavy atom. The molecule has 4 heteroatoms. The largest absolute Gasteiger partial charge is 0.399 e. The Bertz CT molecular complexity index is 501. The molecule has 4 N–H and O–H groups in total. The Kier molecular flexibility index (Phi) is 3.37. The zero-order chi connectivity index (χ0) is 13.9. The number of nitrogen functional groups attached to an aromatic ring is 2. The number of rotatable bonds is 2. The predicted octanol–water partition coefficient (Wildman–Crippen LogP) is 2.18. The number of hydrogen-bond donors (Lipinski definition) is 2. The average Bonchev–Trinajstić information content (AvgIpc) is 2.49. The minimum Gasteiger partial charge on any atom is -0.399 e. The van der Waals surface area contributed by atoms with Crippen LogP contribution >= 0.6 is 0 Å². The quantitative estimate of drug-likeness (QED) is 0.820. The van der Waals surface area contributed by atoms with E-state index in [4.69, 9.17) is 11.5 Å². The molecule has 2 aromatic carbocycles. The standard InChI is InChI=1S/C16H20N4/c17-13-1-5-15(6-2-13)19-9-11-20(12-10-19)16-7-3-14(18)4-8-16/h1-8H,9-12,17-18H2. The Balaban J connectivity index is 1.64. The molecule has 0 saturated carbocycles. The molecule has 3 rings (SSSR count). The molecule has 0 bridgehead atoms. The number of benzene rings is 2. The van der Waals surface area contributed by atoms with Crippen molar-refractivity contribution in [2.45, 2.75) is 0 Å². The molecule has 0 aliphatic carbocycles. The normalized spacial score (nSPS) is 15.4. The molecule has 0 radical (unpaired) electrons. The van der Waals surface area contributed by atoms with Crippen molar-refractivity contribution in [3.63, 3.8) is 0 Å². The molecule has 1 saturated heterocycles. The van der Waals surface area contributed by atoms with Crippen molar-refractivity contribution in [1.29, 1.82) is 0 Å². The van der Waals surface area contributed by atoms with Crippen LogP contribution in [0.5, 0.6) is 0 Å². The van der Waals surface area contributed by atoms with Gasteiger partial charge in [0.2, 0.25) is 0 Å². The molecule has 0 amide bonds. The smallest absolute Gasteiger partial charge is 0.0368 e. The molecule has 2 aromatic rings. The molecule has 0 spiro atoms. The van der Waals surface area contributed by atoms with Crippen LogP contribution in [0.3, 0.4) is 0 Å². The Labute approximate surface area is 119 Å². The summed E-state index contributed by atoms with van der Waals surface area (Å²) in [6, 6.07) is 16.2. The summed E-state index contributed by atoms with van der Waals surface area (Å²) in [5.41, 5.74) is 15.6. The number of hydrogen-bond acceptors (Lipinski definition) is 4. The van der Waals surface area contributed by atoms with Gasteiger partial charge < -0.3 is 21.3 Å². The second-order valence-corrected chi connectivity index (χ2v) is 5.16. The fourth-order valence-corrected chi connectivity index (χ4v) is 2.59. The van der Waals surface area contributed by atoms with Gasteiger partial charge in [-0.3, -0.25) is 0 Å². The van der Waals surface area contributed by atoms with Crippen LogP contribution in [0.2, 0.25) is 0 Å². The van der Waals surface area contributed by atoms with Crippen molar-refractivity contribution >= 4 is 22.7 Å². The SMILES string of the molecule is Nc1ccc(N2CCN(c3ccc(N)cc3)CC2)cc1. The van der Waals surface area contributed by atoms with Crippen molar-refractivity contribution in [2.75, 3.05) is 47.4 Å². The van der Waals surface area contributed by atoms with Crippen molar-refractivity contribution in [2.24, 2.45) is 0 Å². The second kappa shape index (κ2) is 5.33. The Hall–Kier alpha value is -2.36. The van der Waals surface area contributed by atoms with Crippen LogP contribution in [0.25, 0.3) is 0 Å². The highest BCUT2D eigenvalue weighted by molar-refractivity contribution is 5.56. The molecule has 1 fully saturated rings. The lowest BCUT2D eigenvalue weighted by Crippen LogP contribution is -2.46. The monoisotopic (exact) mass is 268 g/mol. The molecule has 1 aliphatic heterocycles. The van der Waals surface area contributed by atoms with E-state index in [1.165, 1.54) is 11.4 Å². The molecule has 20 heavy (non-hydrogen) atoms. The molecule has 104 valence electrons. The van der Waals surface area contributed by atoms with Gasteiger partial charge in [0.1, 0.15) is 0 Å². The summed E-state index contributed by atoms with van der Waals surface area (Å²) in [6.45, 7) is 4.09. The summed E-state index contributed by atoms with van der Waals surface area (Å²) in [7, 11) is 0. The van der Waals surface area contributed by atoms with E-state index in [0.717, 1.165) is 37.6 Å². The van der Waals surface area contributed by atoms with Gasteiger partial charge in [-0.15, -0.1) is 0 Å². The maximum Gasteiger partial charge on any atom is 0.0368 e. The van der Waals surface area contributed by atoms with E-state index in [1.54, 1.807) is 0 Å². The molecule has 1 heterocycles. The third kappa shape index (κ3) is 2.64. The van der Waals surface area contributed by atoms with Crippen LogP contribution in [0.15, 0.2) is 48.5 Å². The first-order valence-corrected chi connectivity index (χ1v) is 6.93. The van der Waals surface area contributed by atoms with Crippen molar-refractivity contribution < 1.29 is 0 Å². The molecule has 4 nitrogen and oxygen atoms in total. The Morgan fingerprint density at radius 1 is 0.550 bits per heavy atom. The number of anilines is 4. The van der Waals surface area contributed by atoms with E-state index in [9.17, 15) is 0 Å². The van der Waals surface area contributed by atoms with Crippen LogP contribution in [0.4, 0.5) is 22.7 Å². The highest BCUT2D eigenvalue weighted by Gasteiger charge is 2.17. The third-order valence-corrected chi connectivity index (χ3v) is 3.80. The number of piperazine rings is 1. The summed E-state index contributed by atoms with van der Waals surface area (Å²) < 4.78 is 0. The Morgan fingerprint density at radius 3 is 1.15 bits per heavy atom. The molecule has 0 aromatic heterocycles. The topological polar surface area (TPSA) is 58.5 Å². The molecular formula is C16H20N4. The van der Waals surface area contributed by atoms with E-state index < -0.39 is 0 Å². The first kappa shape index (κ1) is 12.7. The fourth-order valence-electron chi connectivity index (χ4n) is 2.59. The van der Waals surface area contributed by atoms with Crippen LogP contribution < -0.4 is 21.3 Å². The highest BCUT2D eigenvalue weighted by Crippen LogP contribution is 2.22. The van der Waals surface area contributed by atoms with Gasteiger partial charge in [-0.1, -0.05) is 0 Å². The first-order valence-electron chi connectivity index (χ1n) is 6.93. The van der Waals surface area contributed by atoms with Gasteiger partial charge in [0.25, 0.3) is 0 Å². The minimum atomic E-state index is 0.814. The van der Waals surface area contributed by atoms with Gasteiger partial charge in [-0.05, 0) is 48.5 Å².